The lowest BCUT2D eigenvalue weighted by molar-refractivity contribution is 0.604. The lowest BCUT2D eigenvalue weighted by Crippen LogP contribution is -2.39. The van der Waals surface area contributed by atoms with Crippen LogP contribution in [0.25, 0.3) is 34.4 Å². The van der Waals surface area contributed by atoms with Crippen molar-refractivity contribution in [2.75, 3.05) is 0 Å². The molecule has 0 bridgehead atoms. The predicted molar refractivity (Wildman–Crippen MR) is 121 cm³/mol. The topological polar surface area (TPSA) is 61.8 Å². The summed E-state index contributed by atoms with van der Waals surface area (Å²) in [6.45, 7) is 4.46. The zero-order valence-electron chi connectivity index (χ0n) is 17.4. The first-order valence-corrected chi connectivity index (χ1v) is 10.1. The minimum atomic E-state index is -0.317. The van der Waals surface area contributed by atoms with Crippen molar-refractivity contribution in [1.82, 2.24) is 18.7 Å². The normalized spacial score (nSPS) is 11.6. The van der Waals surface area contributed by atoms with Gasteiger partial charge < -0.3 is 4.57 Å². The highest BCUT2D eigenvalue weighted by Gasteiger charge is 2.17. The van der Waals surface area contributed by atoms with Crippen molar-refractivity contribution in [2.45, 2.75) is 26.9 Å². The van der Waals surface area contributed by atoms with Crippen LogP contribution in [-0.4, -0.2) is 18.7 Å². The van der Waals surface area contributed by atoms with Gasteiger partial charge in [0.15, 0.2) is 11.2 Å². The van der Waals surface area contributed by atoms with Crippen LogP contribution in [0.5, 0.6) is 0 Å². The Labute approximate surface area is 174 Å². The van der Waals surface area contributed by atoms with Gasteiger partial charge in [-0.3, -0.25) is 13.9 Å². The Morgan fingerprint density at radius 3 is 2.10 bits per heavy atom. The van der Waals surface area contributed by atoms with E-state index in [2.05, 4.69) is 29.2 Å². The molecule has 0 unspecified atom stereocenters. The molecule has 0 atom stereocenters. The highest BCUT2D eigenvalue weighted by atomic mass is 16.2. The average Bonchev–Trinajstić information content (AvgIpc) is 3.10. The molecule has 2 aromatic carbocycles. The standard InChI is InChI=1S/C24H24N4O2/c1-4-27-22-21(23(29)28(5-2)24(27)30)26(3)20(25-22)16-13-17-11-14-19(15-12-17)18-9-7-6-8-10-18/h6-16H,4-5H2,1-3H3/b16-13+. The van der Waals surface area contributed by atoms with E-state index in [1.165, 1.54) is 10.1 Å². The van der Waals surface area contributed by atoms with Crippen molar-refractivity contribution in [3.8, 4) is 11.1 Å². The minimum Gasteiger partial charge on any atom is -0.322 e. The number of rotatable bonds is 5. The highest BCUT2D eigenvalue weighted by molar-refractivity contribution is 5.77. The van der Waals surface area contributed by atoms with Gasteiger partial charge in [0.2, 0.25) is 0 Å². The molecule has 6 nitrogen and oxygen atoms in total. The lowest BCUT2D eigenvalue weighted by atomic mass is 10.0. The van der Waals surface area contributed by atoms with Crippen molar-refractivity contribution in [3.63, 3.8) is 0 Å². The molecule has 30 heavy (non-hydrogen) atoms. The Bertz CT molecular complexity index is 1340. The molecule has 2 aromatic heterocycles. The monoisotopic (exact) mass is 400 g/mol. The first kappa shape index (κ1) is 19.6. The van der Waals surface area contributed by atoms with Crippen molar-refractivity contribution >= 4 is 23.3 Å². The zero-order valence-corrected chi connectivity index (χ0v) is 17.4. The summed E-state index contributed by atoms with van der Waals surface area (Å²) in [5, 5.41) is 0. The molecule has 0 amide bonds. The fourth-order valence-electron chi connectivity index (χ4n) is 3.68. The molecule has 2 heterocycles. The summed E-state index contributed by atoms with van der Waals surface area (Å²) in [6, 6.07) is 18.5. The Morgan fingerprint density at radius 2 is 1.47 bits per heavy atom. The van der Waals surface area contributed by atoms with Gasteiger partial charge in [-0.1, -0.05) is 60.7 Å². The smallest absolute Gasteiger partial charge is 0.322 e. The second-order valence-electron chi connectivity index (χ2n) is 7.10. The molecular formula is C24H24N4O2. The first-order chi connectivity index (χ1) is 14.5. The summed E-state index contributed by atoms with van der Waals surface area (Å²) in [6.07, 6.45) is 3.83. The van der Waals surface area contributed by atoms with E-state index in [0.717, 1.165) is 11.1 Å². The maximum atomic E-state index is 12.8. The third kappa shape index (κ3) is 3.30. The number of hydrogen-bond donors (Lipinski definition) is 0. The minimum absolute atomic E-state index is 0.302. The fraction of sp³-hybridized carbons (Fsp3) is 0.208. The van der Waals surface area contributed by atoms with E-state index in [1.54, 1.807) is 23.1 Å². The van der Waals surface area contributed by atoms with Crippen LogP contribution in [0.4, 0.5) is 0 Å². The predicted octanol–water partition coefficient (Wildman–Crippen LogP) is 3.77. The molecule has 4 aromatic rings. The largest absolute Gasteiger partial charge is 0.332 e. The van der Waals surface area contributed by atoms with E-state index in [4.69, 9.17) is 0 Å². The Balaban J connectivity index is 1.73. The van der Waals surface area contributed by atoms with Gasteiger partial charge in [0.05, 0.1) is 0 Å². The van der Waals surface area contributed by atoms with Crippen molar-refractivity contribution < 1.29 is 0 Å². The second-order valence-corrected chi connectivity index (χ2v) is 7.10. The third-order valence-corrected chi connectivity index (χ3v) is 5.35. The van der Waals surface area contributed by atoms with Crippen LogP contribution in [0, 0.1) is 0 Å². The zero-order chi connectivity index (χ0) is 21.3. The Kier molecular flexibility index (Phi) is 5.23. The summed E-state index contributed by atoms with van der Waals surface area (Å²) < 4.78 is 4.56. The molecular weight excluding hydrogens is 376 g/mol. The molecule has 0 N–H and O–H groups in total. The fourth-order valence-corrected chi connectivity index (χ4v) is 3.68. The summed E-state index contributed by atoms with van der Waals surface area (Å²) in [4.78, 5) is 30.0. The summed E-state index contributed by atoms with van der Waals surface area (Å²) in [5.41, 5.74) is 3.61. The van der Waals surface area contributed by atoms with Crippen molar-refractivity contribution in [3.05, 3.63) is 86.8 Å². The molecule has 0 saturated heterocycles. The lowest BCUT2D eigenvalue weighted by Gasteiger charge is -2.08. The number of aromatic nitrogens is 4. The van der Waals surface area contributed by atoms with Crippen LogP contribution >= 0.6 is 0 Å². The van der Waals surface area contributed by atoms with E-state index >= 15 is 0 Å². The third-order valence-electron chi connectivity index (χ3n) is 5.35. The molecule has 0 aliphatic carbocycles. The molecule has 0 radical (unpaired) electrons. The van der Waals surface area contributed by atoms with Gasteiger partial charge in [0.25, 0.3) is 5.56 Å². The maximum Gasteiger partial charge on any atom is 0.332 e. The van der Waals surface area contributed by atoms with Crippen LogP contribution < -0.4 is 11.2 Å². The van der Waals surface area contributed by atoms with Crippen LogP contribution in [0.15, 0.2) is 64.2 Å². The van der Waals surface area contributed by atoms with Crippen LogP contribution in [0.1, 0.15) is 25.2 Å². The van der Waals surface area contributed by atoms with E-state index in [-0.39, 0.29) is 11.2 Å². The number of fused-ring (bicyclic) bond motifs is 1. The van der Waals surface area contributed by atoms with Gasteiger partial charge in [-0.05, 0) is 36.6 Å². The molecule has 0 fully saturated rings. The second kappa shape index (κ2) is 7.99. The van der Waals surface area contributed by atoms with Gasteiger partial charge in [-0.15, -0.1) is 0 Å². The first-order valence-electron chi connectivity index (χ1n) is 10.1. The van der Waals surface area contributed by atoms with E-state index in [1.807, 2.05) is 49.4 Å². The number of imidazole rings is 1. The number of hydrogen-bond acceptors (Lipinski definition) is 3. The summed E-state index contributed by atoms with van der Waals surface area (Å²) in [5.74, 6) is 0.629. The van der Waals surface area contributed by atoms with Gasteiger partial charge in [0.1, 0.15) is 5.82 Å². The van der Waals surface area contributed by atoms with Crippen molar-refractivity contribution in [2.24, 2.45) is 7.05 Å². The van der Waals surface area contributed by atoms with Gasteiger partial charge in [-0.25, -0.2) is 9.78 Å². The number of aryl methyl sites for hydroxylation is 2. The maximum absolute atomic E-state index is 12.8. The van der Waals surface area contributed by atoms with E-state index in [0.29, 0.717) is 30.1 Å². The molecule has 152 valence electrons. The summed E-state index contributed by atoms with van der Waals surface area (Å²) >= 11 is 0. The highest BCUT2D eigenvalue weighted by Crippen LogP contribution is 2.20. The van der Waals surface area contributed by atoms with Gasteiger partial charge >= 0.3 is 5.69 Å². The molecule has 0 spiro atoms. The summed E-state index contributed by atoms with van der Waals surface area (Å²) in [7, 11) is 1.80. The molecule has 6 heteroatoms. The Hall–Kier alpha value is -3.67. The molecule has 0 aliphatic heterocycles. The van der Waals surface area contributed by atoms with Gasteiger partial charge in [0, 0.05) is 20.1 Å². The van der Waals surface area contributed by atoms with Crippen LogP contribution in [0.2, 0.25) is 0 Å². The molecule has 0 saturated carbocycles. The van der Waals surface area contributed by atoms with E-state index < -0.39 is 0 Å². The van der Waals surface area contributed by atoms with Crippen LogP contribution in [-0.2, 0) is 20.1 Å². The van der Waals surface area contributed by atoms with E-state index in [9.17, 15) is 9.59 Å². The SMILES string of the molecule is CCn1c(=O)c2c(nc(/C=C/c3ccc(-c4ccccc4)cc3)n2C)n(CC)c1=O. The molecule has 0 aliphatic rings. The quantitative estimate of drug-likeness (QED) is 0.512. The van der Waals surface area contributed by atoms with Crippen LogP contribution in [0.3, 0.4) is 0 Å². The average molecular weight is 400 g/mol. The van der Waals surface area contributed by atoms with Gasteiger partial charge in [-0.2, -0.15) is 0 Å². The van der Waals surface area contributed by atoms with Crippen molar-refractivity contribution in [1.29, 1.82) is 0 Å². The Morgan fingerprint density at radius 1 is 0.833 bits per heavy atom. The number of benzene rings is 2. The molecule has 4 rings (SSSR count). The number of nitrogens with zero attached hydrogens (tertiary/aromatic N) is 4.